The van der Waals surface area contributed by atoms with Gasteiger partial charge in [0.15, 0.2) is 0 Å². The maximum atomic E-state index is 11.5. The molecule has 0 heterocycles. The molecule has 19 heavy (non-hydrogen) atoms. The first-order valence-corrected chi connectivity index (χ1v) is 6.81. The van der Waals surface area contributed by atoms with Gasteiger partial charge in [-0.15, -0.1) is 11.6 Å². The summed E-state index contributed by atoms with van der Waals surface area (Å²) < 4.78 is 0. The Hall–Kier alpha value is -1.55. The molecule has 5 heteroatoms. The van der Waals surface area contributed by atoms with E-state index in [2.05, 4.69) is 17.6 Å². The summed E-state index contributed by atoms with van der Waals surface area (Å²) in [7, 11) is 0. The van der Waals surface area contributed by atoms with Crippen molar-refractivity contribution in [2.24, 2.45) is 0 Å². The van der Waals surface area contributed by atoms with Gasteiger partial charge < -0.3 is 5.32 Å². The van der Waals surface area contributed by atoms with Gasteiger partial charge in [-0.1, -0.05) is 25.5 Å². The summed E-state index contributed by atoms with van der Waals surface area (Å²) in [6, 6.07) is 7.01. The summed E-state index contributed by atoms with van der Waals surface area (Å²) >= 11 is 5.55. The smallest absolute Gasteiger partial charge is 0.308 e. The molecule has 0 aliphatic rings. The van der Waals surface area contributed by atoms with Gasteiger partial charge >= 0.3 is 6.03 Å². The van der Waals surface area contributed by atoms with Crippen LogP contribution in [0.15, 0.2) is 24.3 Å². The maximum Gasteiger partial charge on any atom is 0.325 e. The minimum atomic E-state index is -0.734. The molecule has 4 nitrogen and oxygen atoms in total. The van der Waals surface area contributed by atoms with E-state index in [0.717, 1.165) is 19.3 Å². The predicted octanol–water partition coefficient (Wildman–Crippen LogP) is 3.30. The molecule has 2 N–H and O–H groups in total. The molecule has 1 rings (SSSR count). The van der Waals surface area contributed by atoms with E-state index in [1.165, 1.54) is 12.5 Å². The van der Waals surface area contributed by atoms with E-state index in [9.17, 15) is 9.59 Å². The fraction of sp³-hybridized carbons (Fsp3) is 0.429. The third-order valence-electron chi connectivity index (χ3n) is 2.63. The molecule has 0 radical (unpaired) electrons. The van der Waals surface area contributed by atoms with Crippen LogP contribution in [0.3, 0.4) is 0 Å². The van der Waals surface area contributed by atoms with Crippen molar-refractivity contribution in [2.45, 2.75) is 38.5 Å². The van der Waals surface area contributed by atoms with E-state index >= 15 is 0 Å². The monoisotopic (exact) mass is 282 g/mol. The number of amides is 3. The number of carbonyl (C=O) groups is 2. The number of hydrogen-bond acceptors (Lipinski definition) is 2. The van der Waals surface area contributed by atoms with Crippen LogP contribution in [0.1, 0.15) is 32.3 Å². The lowest BCUT2D eigenvalue weighted by atomic mass is 10.1. The van der Waals surface area contributed by atoms with Crippen LogP contribution < -0.4 is 10.6 Å². The molecule has 104 valence electrons. The van der Waals surface area contributed by atoms with Gasteiger partial charge in [0.05, 0.1) is 0 Å². The van der Waals surface area contributed by atoms with Crippen molar-refractivity contribution in [3.05, 3.63) is 29.8 Å². The number of benzene rings is 1. The highest BCUT2D eigenvalue weighted by molar-refractivity contribution is 6.31. The van der Waals surface area contributed by atoms with Crippen LogP contribution in [0.4, 0.5) is 10.5 Å². The number of alkyl halides is 1. The van der Waals surface area contributed by atoms with E-state index in [1.807, 2.05) is 24.3 Å². The maximum absolute atomic E-state index is 11.5. The molecule has 3 amide bonds. The third-order valence-corrected chi connectivity index (χ3v) is 2.83. The van der Waals surface area contributed by atoms with Crippen molar-refractivity contribution < 1.29 is 9.59 Å². The normalized spacial score (nSPS) is 11.7. The number of urea groups is 1. The largest absolute Gasteiger partial charge is 0.325 e. The second-order valence-electron chi connectivity index (χ2n) is 4.36. The van der Waals surface area contributed by atoms with Gasteiger partial charge in [-0.05, 0) is 37.5 Å². The second kappa shape index (κ2) is 7.79. The van der Waals surface area contributed by atoms with Crippen LogP contribution in [0.2, 0.25) is 0 Å². The van der Waals surface area contributed by atoms with E-state index in [1.54, 1.807) is 0 Å². The van der Waals surface area contributed by atoms with Gasteiger partial charge in [0, 0.05) is 5.69 Å². The number of imide groups is 1. The molecule has 1 unspecified atom stereocenters. The lowest BCUT2D eigenvalue weighted by Crippen LogP contribution is -2.38. The third kappa shape index (κ3) is 5.75. The molecule has 1 aromatic rings. The van der Waals surface area contributed by atoms with E-state index < -0.39 is 17.3 Å². The molecule has 0 saturated heterocycles. The predicted molar refractivity (Wildman–Crippen MR) is 77.5 cm³/mol. The number of halogens is 1. The van der Waals surface area contributed by atoms with Gasteiger partial charge in [-0.25, -0.2) is 4.79 Å². The van der Waals surface area contributed by atoms with Crippen molar-refractivity contribution in [3.63, 3.8) is 0 Å². The van der Waals surface area contributed by atoms with E-state index in [-0.39, 0.29) is 0 Å². The highest BCUT2D eigenvalue weighted by atomic mass is 35.5. The molecule has 0 aliphatic carbocycles. The first-order valence-electron chi connectivity index (χ1n) is 6.37. The van der Waals surface area contributed by atoms with Crippen LogP contribution in [-0.2, 0) is 11.2 Å². The van der Waals surface area contributed by atoms with Crippen LogP contribution >= 0.6 is 11.6 Å². The Morgan fingerprint density at radius 3 is 2.42 bits per heavy atom. The number of nitrogens with one attached hydrogen (secondary N) is 2. The summed E-state index contributed by atoms with van der Waals surface area (Å²) in [4.78, 5) is 22.7. The molecule has 1 aromatic carbocycles. The summed E-state index contributed by atoms with van der Waals surface area (Å²) in [5.74, 6) is -0.515. The highest BCUT2D eigenvalue weighted by Crippen LogP contribution is 2.11. The SMILES string of the molecule is CCCCc1ccc(NC(=O)NC(=O)C(C)Cl)cc1. The summed E-state index contributed by atoms with van der Waals surface area (Å²) in [6.07, 6.45) is 3.34. The van der Waals surface area contributed by atoms with Gasteiger partial charge in [0.25, 0.3) is 0 Å². The lowest BCUT2D eigenvalue weighted by molar-refractivity contribution is -0.119. The van der Waals surface area contributed by atoms with E-state index in [0.29, 0.717) is 5.69 Å². The van der Waals surface area contributed by atoms with Crippen molar-refractivity contribution in [3.8, 4) is 0 Å². The molecule has 0 fully saturated rings. The zero-order chi connectivity index (χ0) is 14.3. The Balaban J connectivity index is 2.48. The Morgan fingerprint density at radius 1 is 1.26 bits per heavy atom. The molecule has 0 aromatic heterocycles. The average molecular weight is 283 g/mol. The highest BCUT2D eigenvalue weighted by Gasteiger charge is 2.12. The van der Waals surface area contributed by atoms with Crippen molar-refractivity contribution in [1.82, 2.24) is 5.32 Å². The van der Waals surface area contributed by atoms with E-state index in [4.69, 9.17) is 11.6 Å². The fourth-order valence-electron chi connectivity index (χ4n) is 1.51. The number of unbranched alkanes of at least 4 members (excludes halogenated alkanes) is 1. The van der Waals surface area contributed by atoms with Crippen molar-refractivity contribution >= 4 is 29.2 Å². The molecule has 0 bridgehead atoms. The second-order valence-corrected chi connectivity index (χ2v) is 5.01. The van der Waals surface area contributed by atoms with Crippen LogP contribution in [0.5, 0.6) is 0 Å². The number of aryl methyl sites for hydroxylation is 1. The van der Waals surface area contributed by atoms with Gasteiger partial charge in [0.2, 0.25) is 5.91 Å². The van der Waals surface area contributed by atoms with Gasteiger partial charge in [-0.2, -0.15) is 0 Å². The average Bonchev–Trinajstić information content (AvgIpc) is 2.37. The first-order chi connectivity index (χ1) is 9.02. The number of carbonyl (C=O) groups excluding carboxylic acids is 2. The van der Waals surface area contributed by atoms with Crippen molar-refractivity contribution in [1.29, 1.82) is 0 Å². The van der Waals surface area contributed by atoms with Gasteiger partial charge in [0.1, 0.15) is 5.38 Å². The minimum Gasteiger partial charge on any atom is -0.308 e. The van der Waals surface area contributed by atoms with Crippen molar-refractivity contribution in [2.75, 3.05) is 5.32 Å². The zero-order valence-electron chi connectivity index (χ0n) is 11.2. The Bertz CT molecular complexity index is 430. The van der Waals surface area contributed by atoms with Crippen LogP contribution in [0.25, 0.3) is 0 Å². The molecule has 0 saturated carbocycles. The first kappa shape index (κ1) is 15.5. The lowest BCUT2D eigenvalue weighted by Gasteiger charge is -2.08. The molecular weight excluding hydrogens is 264 g/mol. The number of rotatable bonds is 5. The number of anilines is 1. The molecule has 0 aliphatic heterocycles. The summed E-state index contributed by atoms with van der Waals surface area (Å²) in [6.45, 7) is 3.65. The molecule has 0 spiro atoms. The Kier molecular flexibility index (Phi) is 6.36. The standard InChI is InChI=1S/C14H19ClN2O2/c1-3-4-5-11-6-8-12(9-7-11)16-14(19)17-13(18)10(2)15/h6-10H,3-5H2,1-2H3,(H2,16,17,18,19). The fourth-order valence-corrected chi connectivity index (χ4v) is 1.56. The summed E-state index contributed by atoms with van der Waals surface area (Å²) in [5.41, 5.74) is 1.88. The minimum absolute atomic E-state index is 0.515. The molecule has 1 atom stereocenters. The van der Waals surface area contributed by atoms with Crippen LogP contribution in [0, 0.1) is 0 Å². The molecular formula is C14H19ClN2O2. The Labute approximate surface area is 118 Å². The quantitative estimate of drug-likeness (QED) is 0.814. The Morgan fingerprint density at radius 2 is 1.89 bits per heavy atom. The van der Waals surface area contributed by atoms with Crippen LogP contribution in [-0.4, -0.2) is 17.3 Å². The number of hydrogen-bond donors (Lipinski definition) is 2. The van der Waals surface area contributed by atoms with Gasteiger partial charge in [-0.3, -0.25) is 10.1 Å². The summed E-state index contributed by atoms with van der Waals surface area (Å²) in [5, 5.41) is 4.00. The zero-order valence-corrected chi connectivity index (χ0v) is 12.0. The topological polar surface area (TPSA) is 58.2 Å².